The second-order valence-corrected chi connectivity index (χ2v) is 6.69. The molecule has 0 bridgehead atoms. The molecule has 1 aliphatic rings. The van der Waals surface area contributed by atoms with E-state index >= 15 is 0 Å². The molecule has 4 heterocycles. The van der Waals surface area contributed by atoms with Gasteiger partial charge in [0.05, 0.1) is 4.91 Å². The number of furan rings is 1. The second-order valence-electron chi connectivity index (χ2n) is 4.98. The van der Waals surface area contributed by atoms with Gasteiger partial charge in [-0.05, 0) is 18.2 Å². The molecule has 0 atom stereocenters. The predicted octanol–water partition coefficient (Wildman–Crippen LogP) is 3.52. The van der Waals surface area contributed by atoms with Gasteiger partial charge in [-0.25, -0.2) is 4.98 Å². The third kappa shape index (κ3) is 2.70. The van der Waals surface area contributed by atoms with Crippen LogP contribution in [-0.2, 0) is 4.79 Å². The number of hydrogen-bond donors (Lipinski definition) is 1. The number of rotatable bonds is 2. The van der Waals surface area contributed by atoms with Crippen LogP contribution in [0.15, 0.2) is 46.1 Å². The molecule has 4 rings (SSSR count). The average Bonchev–Trinajstić information content (AvgIpc) is 3.10. The van der Waals surface area contributed by atoms with E-state index in [1.807, 2.05) is 0 Å². The van der Waals surface area contributed by atoms with Crippen molar-refractivity contribution in [3.63, 3.8) is 0 Å². The molecule has 1 aliphatic heterocycles. The van der Waals surface area contributed by atoms with Crippen molar-refractivity contribution < 1.29 is 13.6 Å². The van der Waals surface area contributed by atoms with Gasteiger partial charge >= 0.3 is 0 Å². The molecule has 1 fully saturated rings. The summed E-state index contributed by atoms with van der Waals surface area (Å²) in [5, 5.41) is 3.33. The van der Waals surface area contributed by atoms with Gasteiger partial charge in [0.2, 0.25) is 5.95 Å². The first-order valence-corrected chi connectivity index (χ1v) is 8.07. The fraction of sp³-hybridized carbons (Fsp3) is 0. The summed E-state index contributed by atoms with van der Waals surface area (Å²) >= 11 is 6.15. The van der Waals surface area contributed by atoms with Crippen molar-refractivity contribution in [1.29, 1.82) is 0 Å². The van der Waals surface area contributed by atoms with Crippen LogP contribution in [-0.4, -0.2) is 20.2 Å². The van der Waals surface area contributed by atoms with Crippen molar-refractivity contribution in [3.8, 4) is 11.1 Å². The maximum Gasteiger partial charge on any atom is 0.263 e. The quantitative estimate of drug-likeness (QED) is 0.430. The van der Waals surface area contributed by atoms with E-state index in [4.69, 9.17) is 16.6 Å². The van der Waals surface area contributed by atoms with Crippen molar-refractivity contribution in [1.82, 2.24) is 15.3 Å². The lowest BCUT2D eigenvalue weighted by Gasteiger charge is -2.01. The van der Waals surface area contributed by atoms with Crippen molar-refractivity contribution in [2.45, 2.75) is 0 Å². The number of halogens is 1. The van der Waals surface area contributed by atoms with E-state index in [1.54, 1.807) is 30.6 Å². The summed E-state index contributed by atoms with van der Waals surface area (Å²) < 4.78 is 19.3. The fourth-order valence-corrected chi connectivity index (χ4v) is 3.37. The van der Waals surface area contributed by atoms with Gasteiger partial charge in [-0.15, -0.1) is 0 Å². The minimum atomic E-state index is -0.552. The molecular formula is C16H8FN3O2S2. The van der Waals surface area contributed by atoms with Crippen LogP contribution in [0.4, 0.5) is 4.39 Å². The first kappa shape index (κ1) is 15.0. The Morgan fingerprint density at radius 2 is 2.17 bits per heavy atom. The molecule has 0 aliphatic carbocycles. The topological polar surface area (TPSA) is 68.0 Å². The molecule has 8 heteroatoms. The van der Waals surface area contributed by atoms with Crippen LogP contribution in [0.3, 0.4) is 0 Å². The molecule has 0 aromatic carbocycles. The zero-order chi connectivity index (χ0) is 16.7. The number of carbonyl (C=O) groups is 1. The van der Waals surface area contributed by atoms with Crippen LogP contribution >= 0.6 is 24.0 Å². The Morgan fingerprint density at radius 3 is 2.88 bits per heavy atom. The average molecular weight is 357 g/mol. The molecule has 0 radical (unpaired) electrons. The summed E-state index contributed by atoms with van der Waals surface area (Å²) in [6.07, 6.45) is 6.34. The summed E-state index contributed by atoms with van der Waals surface area (Å²) in [6.45, 7) is 0. The maximum absolute atomic E-state index is 13.0. The Labute approximate surface area is 145 Å². The molecule has 3 aromatic rings. The highest BCUT2D eigenvalue weighted by atomic mass is 32.2. The van der Waals surface area contributed by atoms with Crippen LogP contribution in [0.2, 0.25) is 0 Å². The van der Waals surface area contributed by atoms with E-state index in [2.05, 4.69) is 15.3 Å². The van der Waals surface area contributed by atoms with E-state index < -0.39 is 5.95 Å². The molecular weight excluding hydrogens is 349 g/mol. The zero-order valence-corrected chi connectivity index (χ0v) is 13.6. The summed E-state index contributed by atoms with van der Waals surface area (Å²) in [5.41, 5.74) is 1.98. The summed E-state index contributed by atoms with van der Waals surface area (Å²) in [7, 11) is 0. The predicted molar refractivity (Wildman–Crippen MR) is 93.5 cm³/mol. The number of amides is 1. The number of carbonyl (C=O) groups excluding carboxylic acids is 1. The van der Waals surface area contributed by atoms with Crippen molar-refractivity contribution in [3.05, 3.63) is 53.4 Å². The van der Waals surface area contributed by atoms with E-state index in [0.29, 0.717) is 31.7 Å². The lowest BCUT2D eigenvalue weighted by Crippen LogP contribution is -2.17. The Bertz CT molecular complexity index is 1010. The Balaban J connectivity index is 1.80. The summed E-state index contributed by atoms with van der Waals surface area (Å²) in [4.78, 5) is 20.0. The summed E-state index contributed by atoms with van der Waals surface area (Å²) in [5.74, 6) is -0.285. The second kappa shape index (κ2) is 5.81. The Hall–Kier alpha value is -2.58. The number of aromatic nitrogens is 2. The molecule has 0 spiro atoms. The number of fused-ring (bicyclic) bond motifs is 1. The molecule has 1 amide bonds. The minimum Gasteiger partial charge on any atom is -0.456 e. The smallest absolute Gasteiger partial charge is 0.263 e. The van der Waals surface area contributed by atoms with Crippen molar-refractivity contribution in [2.24, 2.45) is 0 Å². The minimum absolute atomic E-state index is 0.244. The highest BCUT2D eigenvalue weighted by molar-refractivity contribution is 8.26. The zero-order valence-electron chi connectivity index (χ0n) is 11.9. The molecule has 0 saturated carbocycles. The molecule has 3 aromatic heterocycles. The highest BCUT2D eigenvalue weighted by Gasteiger charge is 2.22. The molecule has 0 unspecified atom stereocenters. The van der Waals surface area contributed by atoms with Gasteiger partial charge in [0.25, 0.3) is 5.91 Å². The van der Waals surface area contributed by atoms with Crippen LogP contribution in [0.1, 0.15) is 5.76 Å². The number of nitrogens with zero attached hydrogens (tertiary/aromatic N) is 2. The van der Waals surface area contributed by atoms with Gasteiger partial charge in [0.1, 0.15) is 15.7 Å². The summed E-state index contributed by atoms with van der Waals surface area (Å²) in [6, 6.07) is 4.67. The fourth-order valence-electron chi connectivity index (χ4n) is 2.34. The molecule has 1 N–H and O–H groups in total. The van der Waals surface area contributed by atoms with E-state index in [-0.39, 0.29) is 5.91 Å². The Morgan fingerprint density at radius 1 is 1.29 bits per heavy atom. The number of nitrogens with one attached hydrogen (secondary N) is 1. The number of pyridine rings is 2. The van der Waals surface area contributed by atoms with Crippen LogP contribution in [0, 0.1) is 5.95 Å². The highest BCUT2D eigenvalue weighted by Crippen LogP contribution is 2.32. The van der Waals surface area contributed by atoms with Gasteiger partial charge in [-0.2, -0.15) is 4.39 Å². The largest absolute Gasteiger partial charge is 0.456 e. The number of thioether (sulfide) groups is 1. The first-order chi connectivity index (χ1) is 11.6. The normalized spacial score (nSPS) is 16.1. The molecule has 118 valence electrons. The third-order valence-electron chi connectivity index (χ3n) is 3.40. The van der Waals surface area contributed by atoms with E-state index in [1.165, 1.54) is 24.0 Å². The van der Waals surface area contributed by atoms with Gasteiger partial charge in [-0.3, -0.25) is 9.78 Å². The van der Waals surface area contributed by atoms with Gasteiger partial charge in [0, 0.05) is 41.2 Å². The number of thiocarbonyl (C=S) groups is 1. The standard InChI is InChI=1S/C16H8FN3O2S2/c17-13-2-1-8(6-19-13)11-7-18-5-9-3-10(22-14(9)11)4-12-15(21)20-16(23)24-12/h1-7H,(H,20,21,23). The van der Waals surface area contributed by atoms with Crippen LogP contribution < -0.4 is 5.32 Å². The van der Waals surface area contributed by atoms with Gasteiger partial charge in [-0.1, -0.05) is 24.0 Å². The number of hydrogen-bond acceptors (Lipinski definition) is 6. The van der Waals surface area contributed by atoms with E-state index in [9.17, 15) is 9.18 Å². The first-order valence-electron chi connectivity index (χ1n) is 6.84. The van der Waals surface area contributed by atoms with Gasteiger partial charge in [0.15, 0.2) is 0 Å². The van der Waals surface area contributed by atoms with E-state index in [0.717, 1.165) is 5.39 Å². The Kier molecular flexibility index (Phi) is 3.62. The van der Waals surface area contributed by atoms with Crippen molar-refractivity contribution >= 4 is 51.3 Å². The van der Waals surface area contributed by atoms with Crippen LogP contribution in [0.5, 0.6) is 0 Å². The molecule has 24 heavy (non-hydrogen) atoms. The van der Waals surface area contributed by atoms with Crippen LogP contribution in [0.25, 0.3) is 28.2 Å². The van der Waals surface area contributed by atoms with Gasteiger partial charge < -0.3 is 9.73 Å². The molecule has 1 saturated heterocycles. The maximum atomic E-state index is 13.0. The SMILES string of the molecule is O=C1NC(=S)SC1=Cc1cc2cncc(-c3ccc(F)nc3)c2o1. The monoisotopic (exact) mass is 357 g/mol. The van der Waals surface area contributed by atoms with Crippen molar-refractivity contribution in [2.75, 3.05) is 0 Å². The third-order valence-corrected chi connectivity index (χ3v) is 4.56. The lowest BCUT2D eigenvalue weighted by molar-refractivity contribution is -0.115. The lowest BCUT2D eigenvalue weighted by atomic mass is 10.1. The molecule has 5 nitrogen and oxygen atoms in total.